The van der Waals surface area contributed by atoms with Crippen molar-refractivity contribution in [2.45, 2.75) is 18.7 Å². The highest BCUT2D eigenvalue weighted by Gasteiger charge is 2.01. The quantitative estimate of drug-likeness (QED) is 0.680. The molecule has 0 spiro atoms. The van der Waals surface area contributed by atoms with Gasteiger partial charge in [0.05, 0.1) is 0 Å². The summed E-state index contributed by atoms with van der Waals surface area (Å²) in [5.41, 5.74) is 2.49. The maximum Gasteiger partial charge on any atom is 0.0345 e. The average molecular weight is 220 g/mol. The van der Waals surface area contributed by atoms with Crippen LogP contribution >= 0.6 is 24.0 Å². The first-order valence-corrected chi connectivity index (χ1v) is 5.79. The Morgan fingerprint density at radius 1 is 1.07 bits per heavy atom. The van der Waals surface area contributed by atoms with Gasteiger partial charge < -0.3 is 0 Å². The molecule has 1 aromatic heterocycles. The SMILES string of the molecule is Cc1ccc(-c2ccc(C)c(S)c2)s1. The fourth-order valence-electron chi connectivity index (χ4n) is 1.35. The van der Waals surface area contributed by atoms with Crippen molar-refractivity contribution in [3.05, 3.63) is 40.8 Å². The van der Waals surface area contributed by atoms with Gasteiger partial charge in [-0.1, -0.05) is 12.1 Å². The third-order valence-corrected chi connectivity index (χ3v) is 3.77. The zero-order chi connectivity index (χ0) is 10.1. The maximum atomic E-state index is 4.43. The zero-order valence-corrected chi connectivity index (χ0v) is 9.95. The number of hydrogen-bond donors (Lipinski definition) is 1. The molecule has 1 heterocycles. The average Bonchev–Trinajstić information content (AvgIpc) is 2.57. The van der Waals surface area contributed by atoms with Crippen molar-refractivity contribution in [1.82, 2.24) is 0 Å². The molecule has 0 atom stereocenters. The number of benzene rings is 1. The Balaban J connectivity index is 2.47. The molecule has 0 aliphatic rings. The predicted octanol–water partition coefficient (Wildman–Crippen LogP) is 4.32. The number of thiol groups is 1. The minimum absolute atomic E-state index is 1.06. The lowest BCUT2D eigenvalue weighted by Crippen LogP contribution is -1.77. The molecule has 0 amide bonds. The molecule has 0 N–H and O–H groups in total. The van der Waals surface area contributed by atoms with Gasteiger partial charge >= 0.3 is 0 Å². The van der Waals surface area contributed by atoms with E-state index in [-0.39, 0.29) is 0 Å². The van der Waals surface area contributed by atoms with Gasteiger partial charge in [-0.3, -0.25) is 0 Å². The highest BCUT2D eigenvalue weighted by atomic mass is 32.1. The summed E-state index contributed by atoms with van der Waals surface area (Å²) in [6.07, 6.45) is 0. The number of rotatable bonds is 1. The van der Waals surface area contributed by atoms with Crippen LogP contribution in [-0.4, -0.2) is 0 Å². The molecule has 0 aliphatic heterocycles. The van der Waals surface area contributed by atoms with Crippen LogP contribution in [0.4, 0.5) is 0 Å². The van der Waals surface area contributed by atoms with Crippen LogP contribution in [0.3, 0.4) is 0 Å². The predicted molar refractivity (Wildman–Crippen MR) is 66.5 cm³/mol. The van der Waals surface area contributed by atoms with Gasteiger partial charge in [-0.25, -0.2) is 0 Å². The number of aryl methyl sites for hydroxylation is 2. The van der Waals surface area contributed by atoms with Gasteiger partial charge in [0.1, 0.15) is 0 Å². The van der Waals surface area contributed by atoms with Crippen LogP contribution in [0, 0.1) is 13.8 Å². The molecule has 0 nitrogen and oxygen atoms in total. The molecule has 0 radical (unpaired) electrons. The lowest BCUT2D eigenvalue weighted by Gasteiger charge is -2.01. The van der Waals surface area contributed by atoms with E-state index < -0.39 is 0 Å². The molecule has 0 bridgehead atoms. The van der Waals surface area contributed by atoms with E-state index >= 15 is 0 Å². The largest absolute Gasteiger partial charge is 0.143 e. The van der Waals surface area contributed by atoms with E-state index in [0.29, 0.717) is 0 Å². The lowest BCUT2D eigenvalue weighted by atomic mass is 10.1. The molecule has 1 aromatic carbocycles. The summed E-state index contributed by atoms with van der Waals surface area (Å²) in [7, 11) is 0. The van der Waals surface area contributed by atoms with E-state index in [1.54, 1.807) is 0 Å². The van der Waals surface area contributed by atoms with Crippen molar-refractivity contribution in [2.24, 2.45) is 0 Å². The first kappa shape index (κ1) is 9.81. The van der Waals surface area contributed by atoms with Gasteiger partial charge in [-0.15, -0.1) is 24.0 Å². The van der Waals surface area contributed by atoms with E-state index in [0.717, 1.165) is 4.90 Å². The van der Waals surface area contributed by atoms with Crippen LogP contribution in [0.2, 0.25) is 0 Å². The van der Waals surface area contributed by atoms with E-state index in [1.807, 2.05) is 11.3 Å². The molecule has 72 valence electrons. The minimum Gasteiger partial charge on any atom is -0.143 e. The second kappa shape index (κ2) is 3.79. The normalized spacial score (nSPS) is 10.5. The topological polar surface area (TPSA) is 0 Å². The van der Waals surface area contributed by atoms with Crippen LogP contribution in [0.1, 0.15) is 10.4 Å². The Bertz CT molecular complexity index is 455. The third-order valence-electron chi connectivity index (χ3n) is 2.23. The molecule has 14 heavy (non-hydrogen) atoms. The number of thiophene rings is 1. The van der Waals surface area contributed by atoms with Crippen molar-refractivity contribution >= 4 is 24.0 Å². The van der Waals surface area contributed by atoms with E-state index in [2.05, 4.69) is 56.8 Å². The summed E-state index contributed by atoms with van der Waals surface area (Å²) < 4.78 is 0. The van der Waals surface area contributed by atoms with Crippen molar-refractivity contribution in [2.75, 3.05) is 0 Å². The van der Waals surface area contributed by atoms with E-state index in [9.17, 15) is 0 Å². The highest BCUT2D eigenvalue weighted by Crippen LogP contribution is 2.29. The van der Waals surface area contributed by atoms with Crippen molar-refractivity contribution < 1.29 is 0 Å². The Morgan fingerprint density at radius 3 is 2.43 bits per heavy atom. The standard InChI is InChI=1S/C12H12S2/c1-8-3-5-10(7-11(8)13)12-6-4-9(2)14-12/h3-7,13H,1-2H3. The van der Waals surface area contributed by atoms with Crippen molar-refractivity contribution in [3.63, 3.8) is 0 Å². The second-order valence-electron chi connectivity index (χ2n) is 3.41. The zero-order valence-electron chi connectivity index (χ0n) is 8.24. The molecule has 0 saturated carbocycles. The summed E-state index contributed by atoms with van der Waals surface area (Å²) >= 11 is 6.25. The second-order valence-corrected chi connectivity index (χ2v) is 5.18. The molecule has 2 heteroatoms. The summed E-state index contributed by atoms with van der Waals surface area (Å²) in [5, 5.41) is 0. The monoisotopic (exact) mass is 220 g/mol. The molecular formula is C12H12S2. The maximum absolute atomic E-state index is 4.43. The smallest absolute Gasteiger partial charge is 0.0345 e. The Labute approximate surface area is 94.0 Å². The fraction of sp³-hybridized carbons (Fsp3) is 0.167. The van der Waals surface area contributed by atoms with Gasteiger partial charge in [-0.2, -0.15) is 0 Å². The van der Waals surface area contributed by atoms with Crippen LogP contribution in [0.25, 0.3) is 10.4 Å². The van der Waals surface area contributed by atoms with Crippen molar-refractivity contribution in [1.29, 1.82) is 0 Å². The van der Waals surface area contributed by atoms with Crippen LogP contribution in [-0.2, 0) is 0 Å². The molecule has 0 fully saturated rings. The molecule has 0 unspecified atom stereocenters. The van der Waals surface area contributed by atoms with Gasteiger partial charge in [-0.05, 0) is 43.2 Å². The van der Waals surface area contributed by atoms with Crippen molar-refractivity contribution in [3.8, 4) is 10.4 Å². The van der Waals surface area contributed by atoms with Gasteiger partial charge in [0.2, 0.25) is 0 Å². The summed E-state index contributed by atoms with van der Waals surface area (Å²) in [6.45, 7) is 4.20. The van der Waals surface area contributed by atoms with Gasteiger partial charge in [0.15, 0.2) is 0 Å². The fourth-order valence-corrected chi connectivity index (χ4v) is 2.43. The van der Waals surface area contributed by atoms with Gasteiger partial charge in [0, 0.05) is 14.6 Å². The molecule has 2 rings (SSSR count). The summed E-state index contributed by atoms with van der Waals surface area (Å²) in [5.74, 6) is 0. The molecule has 0 aliphatic carbocycles. The van der Waals surface area contributed by atoms with Gasteiger partial charge in [0.25, 0.3) is 0 Å². The summed E-state index contributed by atoms with van der Waals surface area (Å²) in [4.78, 5) is 3.73. The molecule has 2 aromatic rings. The summed E-state index contributed by atoms with van der Waals surface area (Å²) in [6, 6.07) is 10.7. The third kappa shape index (κ3) is 1.86. The van der Waals surface area contributed by atoms with Crippen LogP contribution in [0.5, 0.6) is 0 Å². The van der Waals surface area contributed by atoms with E-state index in [4.69, 9.17) is 0 Å². The molecular weight excluding hydrogens is 208 g/mol. The first-order valence-electron chi connectivity index (χ1n) is 4.53. The highest BCUT2D eigenvalue weighted by molar-refractivity contribution is 7.80. The number of hydrogen-bond acceptors (Lipinski definition) is 2. The van der Waals surface area contributed by atoms with E-state index in [1.165, 1.54) is 20.9 Å². The Morgan fingerprint density at radius 2 is 1.86 bits per heavy atom. The first-order chi connectivity index (χ1) is 6.66. The molecule has 0 saturated heterocycles. The van der Waals surface area contributed by atoms with Crippen LogP contribution < -0.4 is 0 Å². The Kier molecular flexibility index (Phi) is 2.66. The van der Waals surface area contributed by atoms with Crippen LogP contribution in [0.15, 0.2) is 35.2 Å². The lowest BCUT2D eigenvalue weighted by molar-refractivity contribution is 1.32. The minimum atomic E-state index is 1.06. The Hall–Kier alpha value is -0.730.